The maximum Gasteiger partial charge on any atom is 0.426 e. The predicted octanol–water partition coefficient (Wildman–Crippen LogP) is 8.59. The molecule has 4 aromatic rings. The van der Waals surface area contributed by atoms with E-state index in [0.29, 0.717) is 71.7 Å². The molecule has 0 N–H and O–H groups in total. The Morgan fingerprint density at radius 1 is 0.600 bits per heavy atom. The Morgan fingerprint density at radius 3 is 1.28 bits per heavy atom. The highest BCUT2D eigenvalue weighted by Crippen LogP contribution is 2.28. The topological polar surface area (TPSA) is 103 Å². The SMILES string of the molecule is O=C(Cc1ccc(Cl)cc1)O[C@@H](CN1CCC[C@@H](Oc2ccncc2)C1)C(F)(F)F.O=C(Cc1ccc(Cl)cc1)O[C@@H](CN1CCC[C@H](Oc2ccncc2)C1)C(F)(F)F. The molecule has 0 unspecified atom stereocenters. The number of nitrogens with zero attached hydrogens (tertiary/aromatic N) is 4. The molecule has 60 heavy (non-hydrogen) atoms. The largest absolute Gasteiger partial charge is 0.489 e. The number of pyridine rings is 2. The minimum Gasteiger partial charge on any atom is -0.489 e. The lowest BCUT2D eigenvalue weighted by atomic mass is 10.1. The number of hydrogen-bond acceptors (Lipinski definition) is 10. The van der Waals surface area contributed by atoms with Crippen molar-refractivity contribution >= 4 is 35.1 Å². The fraction of sp³-hybridized carbons (Fsp3) is 0.429. The summed E-state index contributed by atoms with van der Waals surface area (Å²) >= 11 is 11.6. The molecular weight excluding hydrogens is 841 g/mol. The van der Waals surface area contributed by atoms with Crippen LogP contribution in [0, 0.1) is 0 Å². The van der Waals surface area contributed by atoms with Crippen LogP contribution in [0.25, 0.3) is 0 Å². The van der Waals surface area contributed by atoms with Gasteiger partial charge < -0.3 is 18.9 Å². The zero-order chi connectivity index (χ0) is 43.1. The number of aromatic nitrogens is 2. The van der Waals surface area contributed by atoms with E-state index in [1.165, 1.54) is 0 Å². The third-order valence-electron chi connectivity index (χ3n) is 9.48. The van der Waals surface area contributed by atoms with Crippen LogP contribution in [0.1, 0.15) is 36.8 Å². The summed E-state index contributed by atoms with van der Waals surface area (Å²) < 4.78 is 102. The molecule has 6 rings (SSSR count). The van der Waals surface area contributed by atoms with E-state index in [4.69, 9.17) is 42.1 Å². The first-order valence-corrected chi connectivity index (χ1v) is 19.9. The number of piperidine rings is 2. The number of alkyl halides is 6. The van der Waals surface area contributed by atoms with E-state index in [1.807, 2.05) is 0 Å². The molecule has 4 atom stereocenters. The van der Waals surface area contributed by atoms with Crippen molar-refractivity contribution in [1.29, 1.82) is 0 Å². The van der Waals surface area contributed by atoms with Crippen LogP contribution in [0.4, 0.5) is 26.3 Å². The van der Waals surface area contributed by atoms with Gasteiger partial charge in [0.2, 0.25) is 12.2 Å². The van der Waals surface area contributed by atoms with E-state index in [-0.39, 0.29) is 25.0 Å². The van der Waals surface area contributed by atoms with E-state index < -0.39 is 49.6 Å². The second-order valence-corrected chi connectivity index (χ2v) is 15.2. The number of carbonyl (C=O) groups excluding carboxylic acids is 2. The molecule has 2 saturated heterocycles. The van der Waals surface area contributed by atoms with Crippen molar-refractivity contribution in [2.45, 2.75) is 75.3 Å². The van der Waals surface area contributed by atoms with Crippen LogP contribution in [0.3, 0.4) is 0 Å². The Labute approximate surface area is 353 Å². The van der Waals surface area contributed by atoms with Gasteiger partial charge >= 0.3 is 24.3 Å². The number of ether oxygens (including phenoxy) is 4. The number of carbonyl (C=O) groups is 2. The van der Waals surface area contributed by atoms with Crippen LogP contribution in [0.5, 0.6) is 11.5 Å². The number of halogens is 8. The molecule has 0 bridgehead atoms. The number of likely N-dealkylation sites (tertiary alicyclic amines) is 2. The molecule has 18 heteroatoms. The van der Waals surface area contributed by atoms with E-state index in [2.05, 4.69) is 9.97 Å². The van der Waals surface area contributed by atoms with Crippen LogP contribution in [-0.2, 0) is 31.9 Å². The third kappa shape index (κ3) is 16.1. The van der Waals surface area contributed by atoms with Gasteiger partial charge in [-0.05, 0) is 98.4 Å². The summed E-state index contributed by atoms with van der Waals surface area (Å²) in [5, 5.41) is 0.961. The number of rotatable bonds is 14. The zero-order valence-corrected chi connectivity index (χ0v) is 33.8. The van der Waals surface area contributed by atoms with Gasteiger partial charge in [0.05, 0.1) is 12.8 Å². The van der Waals surface area contributed by atoms with Gasteiger partial charge in [-0.25, -0.2) is 0 Å². The van der Waals surface area contributed by atoms with Gasteiger partial charge in [0.15, 0.2) is 0 Å². The highest BCUT2D eigenvalue weighted by Gasteiger charge is 2.45. The molecule has 2 aromatic carbocycles. The normalized spacial score (nSPS) is 18.6. The van der Waals surface area contributed by atoms with Gasteiger partial charge in [-0.3, -0.25) is 29.4 Å². The van der Waals surface area contributed by atoms with Crippen molar-refractivity contribution in [1.82, 2.24) is 19.8 Å². The third-order valence-corrected chi connectivity index (χ3v) is 9.98. The quantitative estimate of drug-likeness (QED) is 0.0904. The van der Waals surface area contributed by atoms with E-state index in [9.17, 15) is 35.9 Å². The molecule has 324 valence electrons. The summed E-state index contributed by atoms with van der Waals surface area (Å²) in [6.07, 6.45) is -5.45. The smallest absolute Gasteiger partial charge is 0.426 e. The average Bonchev–Trinajstić information content (AvgIpc) is 3.20. The van der Waals surface area contributed by atoms with Crippen LogP contribution >= 0.6 is 23.2 Å². The molecule has 2 fully saturated rings. The van der Waals surface area contributed by atoms with Gasteiger partial charge in [-0.2, -0.15) is 26.3 Å². The molecule has 2 aliphatic rings. The Bertz CT molecular complexity index is 1780. The molecular formula is C42H44Cl2F6N4O6. The fourth-order valence-electron chi connectivity index (χ4n) is 6.59. The fourth-order valence-corrected chi connectivity index (χ4v) is 6.84. The minimum atomic E-state index is -4.66. The summed E-state index contributed by atoms with van der Waals surface area (Å²) in [4.78, 5) is 35.3. The van der Waals surface area contributed by atoms with Gasteiger partial charge in [-0.1, -0.05) is 47.5 Å². The summed E-state index contributed by atoms with van der Waals surface area (Å²) in [7, 11) is 0. The van der Waals surface area contributed by atoms with Crippen molar-refractivity contribution in [2.75, 3.05) is 39.3 Å². The summed E-state index contributed by atoms with van der Waals surface area (Å²) in [6, 6.07) is 19.4. The summed E-state index contributed by atoms with van der Waals surface area (Å²) in [5.41, 5.74) is 1.07. The standard InChI is InChI=1S/2C21H22ClF3N2O3/c2*22-16-5-3-15(4-6-16)12-20(28)30-19(21(23,24)25)14-27-11-1-2-18(13-27)29-17-7-9-26-10-8-17/h2*3-10,18-19H,1-2,11-14H2/t18-,19+;18-,19-/m10/s1. The lowest BCUT2D eigenvalue weighted by Gasteiger charge is -2.35. The minimum absolute atomic E-state index is 0.236. The molecule has 0 amide bonds. The predicted molar refractivity (Wildman–Crippen MR) is 211 cm³/mol. The lowest BCUT2D eigenvalue weighted by Crippen LogP contribution is -2.49. The highest BCUT2D eigenvalue weighted by molar-refractivity contribution is 6.30. The molecule has 2 aliphatic heterocycles. The monoisotopic (exact) mass is 884 g/mol. The zero-order valence-electron chi connectivity index (χ0n) is 32.3. The van der Waals surface area contributed by atoms with Gasteiger partial charge in [0.25, 0.3) is 0 Å². The number of esters is 2. The highest BCUT2D eigenvalue weighted by atomic mass is 35.5. The van der Waals surface area contributed by atoms with Crippen molar-refractivity contribution in [3.05, 3.63) is 119 Å². The Hall–Kier alpha value is -4.64. The van der Waals surface area contributed by atoms with E-state index >= 15 is 0 Å². The maximum atomic E-state index is 13.5. The lowest BCUT2D eigenvalue weighted by molar-refractivity contribution is -0.225. The van der Waals surface area contributed by atoms with Crippen molar-refractivity contribution in [3.63, 3.8) is 0 Å². The molecule has 0 radical (unpaired) electrons. The van der Waals surface area contributed by atoms with E-state index in [1.54, 1.807) is 107 Å². The summed E-state index contributed by atoms with van der Waals surface area (Å²) in [5.74, 6) is -0.611. The number of benzene rings is 2. The molecule has 0 spiro atoms. The second-order valence-electron chi connectivity index (χ2n) is 14.3. The van der Waals surface area contributed by atoms with Crippen molar-refractivity contribution < 1.29 is 54.9 Å². The van der Waals surface area contributed by atoms with Crippen LogP contribution < -0.4 is 9.47 Å². The first kappa shape index (κ1) is 46.4. The van der Waals surface area contributed by atoms with Gasteiger partial charge in [-0.15, -0.1) is 0 Å². The van der Waals surface area contributed by atoms with Crippen molar-refractivity contribution in [2.24, 2.45) is 0 Å². The maximum absolute atomic E-state index is 13.5. The number of hydrogen-bond donors (Lipinski definition) is 0. The Morgan fingerprint density at radius 2 is 0.950 bits per heavy atom. The van der Waals surface area contributed by atoms with Crippen LogP contribution in [0.2, 0.25) is 10.0 Å². The van der Waals surface area contributed by atoms with Crippen molar-refractivity contribution in [3.8, 4) is 11.5 Å². The molecule has 2 aromatic heterocycles. The van der Waals surface area contributed by atoms with E-state index in [0.717, 1.165) is 12.8 Å². The molecule has 0 aliphatic carbocycles. The second kappa shape index (κ2) is 22.3. The average molecular weight is 886 g/mol. The van der Waals surface area contributed by atoms with Gasteiger partial charge in [0, 0.05) is 61.0 Å². The molecule has 0 saturated carbocycles. The molecule has 4 heterocycles. The summed E-state index contributed by atoms with van der Waals surface area (Å²) in [6.45, 7) is 0.764. The Balaban J connectivity index is 0.000000228. The molecule has 10 nitrogen and oxygen atoms in total. The van der Waals surface area contributed by atoms with Gasteiger partial charge in [0.1, 0.15) is 23.7 Å². The van der Waals surface area contributed by atoms with Crippen LogP contribution in [0.15, 0.2) is 97.6 Å². The first-order chi connectivity index (χ1) is 28.6. The first-order valence-electron chi connectivity index (χ1n) is 19.2. The Kier molecular flexibility index (Phi) is 17.2. The van der Waals surface area contributed by atoms with Crippen LogP contribution in [-0.4, -0.2) is 108 Å².